The Bertz CT molecular complexity index is 1060. The molecule has 5 heteroatoms. The summed E-state index contributed by atoms with van der Waals surface area (Å²) in [5, 5.41) is 0. The van der Waals surface area contributed by atoms with E-state index in [4.69, 9.17) is 14.2 Å². The average Bonchev–Trinajstić information content (AvgIpc) is 2.79. The van der Waals surface area contributed by atoms with Gasteiger partial charge >= 0.3 is 0 Å². The molecule has 0 fully saturated rings. The Morgan fingerprint density at radius 1 is 0.900 bits per heavy atom. The Morgan fingerprint density at radius 3 is 2.53 bits per heavy atom. The number of aliphatic imine (C=N–C) groups is 1. The minimum atomic E-state index is -0.207. The first-order valence-electron chi connectivity index (χ1n) is 9.87. The molecule has 0 saturated carbocycles. The minimum Gasteiger partial charge on any atom is -0.493 e. The van der Waals surface area contributed by atoms with Crippen LogP contribution in [0.4, 0.5) is 0 Å². The number of benzene rings is 3. The Kier molecular flexibility index (Phi) is 6.20. The van der Waals surface area contributed by atoms with Gasteiger partial charge in [0.2, 0.25) is 0 Å². The van der Waals surface area contributed by atoms with Crippen LogP contribution in [0.2, 0.25) is 0 Å². The monoisotopic (exact) mass is 401 g/mol. The molecule has 0 spiro atoms. The molecule has 0 aromatic heterocycles. The number of fused-ring (bicyclic) bond motifs is 1. The lowest BCUT2D eigenvalue weighted by Gasteiger charge is -2.17. The van der Waals surface area contributed by atoms with Gasteiger partial charge in [-0.3, -0.25) is 4.79 Å². The van der Waals surface area contributed by atoms with Crippen molar-refractivity contribution in [2.75, 3.05) is 20.3 Å². The number of nitrogens with zero attached hydrogens (tertiary/aromatic N) is 1. The van der Waals surface area contributed by atoms with Crippen LogP contribution in [0.15, 0.2) is 77.8 Å². The predicted octanol–water partition coefficient (Wildman–Crippen LogP) is 4.48. The minimum absolute atomic E-state index is 0.207. The van der Waals surface area contributed by atoms with E-state index in [1.807, 2.05) is 72.8 Å². The fourth-order valence-electron chi connectivity index (χ4n) is 3.39. The molecule has 0 aliphatic carbocycles. The lowest BCUT2D eigenvalue weighted by Crippen LogP contribution is -2.17. The van der Waals surface area contributed by atoms with Crippen molar-refractivity contribution < 1.29 is 19.0 Å². The fourth-order valence-corrected chi connectivity index (χ4v) is 3.39. The summed E-state index contributed by atoms with van der Waals surface area (Å²) in [4.78, 5) is 16.6. The van der Waals surface area contributed by atoms with Gasteiger partial charge in [0, 0.05) is 17.5 Å². The lowest BCUT2D eigenvalue weighted by molar-refractivity contribution is 0.0880. The van der Waals surface area contributed by atoms with Gasteiger partial charge in [-0.25, -0.2) is 4.99 Å². The summed E-state index contributed by atoms with van der Waals surface area (Å²) in [7, 11) is 1.60. The molecular weight excluding hydrogens is 378 g/mol. The first-order chi connectivity index (χ1) is 14.7. The van der Waals surface area contributed by atoms with Crippen molar-refractivity contribution in [3.63, 3.8) is 0 Å². The Labute approximate surface area is 175 Å². The molecule has 1 heterocycles. The molecule has 1 amide bonds. The molecule has 4 rings (SSSR count). The highest BCUT2D eigenvalue weighted by Gasteiger charge is 2.20. The Hall–Kier alpha value is -3.44. The first-order valence-corrected chi connectivity index (χ1v) is 9.87. The van der Waals surface area contributed by atoms with E-state index in [9.17, 15) is 4.79 Å². The lowest BCUT2D eigenvalue weighted by atomic mass is 9.94. The molecule has 0 atom stereocenters. The molecule has 1 aliphatic heterocycles. The topological polar surface area (TPSA) is 57.1 Å². The van der Waals surface area contributed by atoms with E-state index in [0.29, 0.717) is 43.3 Å². The number of methoxy groups -OCH3 is 1. The third-order valence-electron chi connectivity index (χ3n) is 4.94. The van der Waals surface area contributed by atoms with Gasteiger partial charge in [0.1, 0.15) is 6.61 Å². The molecule has 0 bridgehead atoms. The zero-order valence-electron chi connectivity index (χ0n) is 16.8. The third kappa shape index (κ3) is 4.58. The Morgan fingerprint density at radius 2 is 1.70 bits per heavy atom. The van der Waals surface area contributed by atoms with Crippen LogP contribution in [0.5, 0.6) is 11.5 Å². The molecule has 0 radical (unpaired) electrons. The van der Waals surface area contributed by atoms with Crippen molar-refractivity contribution in [2.45, 2.75) is 13.0 Å². The average molecular weight is 401 g/mol. The van der Waals surface area contributed by atoms with Gasteiger partial charge < -0.3 is 14.2 Å². The van der Waals surface area contributed by atoms with Crippen LogP contribution in [0.1, 0.15) is 27.0 Å². The molecule has 30 heavy (non-hydrogen) atoms. The van der Waals surface area contributed by atoms with Crippen molar-refractivity contribution in [1.29, 1.82) is 0 Å². The standard InChI is InChI=1S/C25H23NO4/c1-28-24-16-20(22-15-19-9-5-6-10-21(19)25(27)26-22)11-12-23(24)30-14-13-29-17-18-7-3-2-4-8-18/h2-12,16H,13-15,17H2,1H3. The number of amides is 1. The van der Waals surface area contributed by atoms with Crippen molar-refractivity contribution in [3.8, 4) is 11.5 Å². The summed E-state index contributed by atoms with van der Waals surface area (Å²) in [6.07, 6.45) is 0.610. The molecule has 1 aliphatic rings. The van der Waals surface area contributed by atoms with Crippen LogP contribution in [0.25, 0.3) is 0 Å². The maximum atomic E-state index is 12.3. The highest BCUT2D eigenvalue weighted by atomic mass is 16.5. The van der Waals surface area contributed by atoms with E-state index < -0.39 is 0 Å². The van der Waals surface area contributed by atoms with E-state index in [1.54, 1.807) is 7.11 Å². The van der Waals surface area contributed by atoms with Crippen LogP contribution >= 0.6 is 0 Å². The Balaban J connectivity index is 1.38. The van der Waals surface area contributed by atoms with Gasteiger partial charge in [-0.15, -0.1) is 0 Å². The van der Waals surface area contributed by atoms with E-state index in [2.05, 4.69) is 4.99 Å². The summed E-state index contributed by atoms with van der Waals surface area (Å²) >= 11 is 0. The molecule has 5 nitrogen and oxygen atoms in total. The second-order valence-electron chi connectivity index (χ2n) is 6.95. The smallest absolute Gasteiger partial charge is 0.277 e. The normalized spacial score (nSPS) is 12.8. The molecule has 3 aromatic carbocycles. The molecular formula is C25H23NO4. The van der Waals surface area contributed by atoms with Gasteiger partial charge in [-0.05, 0) is 35.4 Å². The number of ether oxygens (including phenoxy) is 3. The van der Waals surface area contributed by atoms with Crippen molar-refractivity contribution in [2.24, 2.45) is 4.99 Å². The van der Waals surface area contributed by atoms with Crippen LogP contribution in [-0.2, 0) is 17.8 Å². The molecule has 152 valence electrons. The second kappa shape index (κ2) is 9.37. The van der Waals surface area contributed by atoms with Crippen LogP contribution < -0.4 is 9.47 Å². The maximum Gasteiger partial charge on any atom is 0.277 e. The van der Waals surface area contributed by atoms with Crippen molar-refractivity contribution in [3.05, 3.63) is 95.1 Å². The summed E-state index contributed by atoms with van der Waals surface area (Å²) in [5.74, 6) is 1.03. The second-order valence-corrected chi connectivity index (χ2v) is 6.95. The highest BCUT2D eigenvalue weighted by Crippen LogP contribution is 2.30. The van der Waals surface area contributed by atoms with Gasteiger partial charge in [-0.2, -0.15) is 0 Å². The van der Waals surface area contributed by atoms with E-state index >= 15 is 0 Å². The quantitative estimate of drug-likeness (QED) is 0.523. The van der Waals surface area contributed by atoms with Gasteiger partial charge in [0.05, 0.1) is 26.0 Å². The number of hydrogen-bond donors (Lipinski definition) is 0. The summed E-state index contributed by atoms with van der Waals surface area (Å²) in [6.45, 7) is 1.43. The molecule has 0 N–H and O–H groups in total. The van der Waals surface area contributed by atoms with Crippen LogP contribution in [0, 0.1) is 0 Å². The number of hydrogen-bond acceptors (Lipinski definition) is 4. The number of carbonyl (C=O) groups excluding carboxylic acids is 1. The van der Waals surface area contributed by atoms with E-state index in [0.717, 1.165) is 22.4 Å². The number of rotatable bonds is 8. The summed E-state index contributed by atoms with van der Waals surface area (Å²) < 4.78 is 17.0. The van der Waals surface area contributed by atoms with Crippen molar-refractivity contribution >= 4 is 11.6 Å². The molecule has 0 unspecified atom stereocenters. The largest absolute Gasteiger partial charge is 0.493 e. The third-order valence-corrected chi connectivity index (χ3v) is 4.94. The van der Waals surface area contributed by atoms with Gasteiger partial charge in [0.15, 0.2) is 11.5 Å². The number of carbonyl (C=O) groups is 1. The van der Waals surface area contributed by atoms with Gasteiger partial charge in [-0.1, -0.05) is 48.5 Å². The van der Waals surface area contributed by atoms with E-state index in [-0.39, 0.29) is 5.91 Å². The SMILES string of the molecule is COc1cc(C2=NC(=O)c3ccccc3C2)ccc1OCCOCc1ccccc1. The summed E-state index contributed by atoms with van der Waals surface area (Å²) in [5.41, 5.74) is 4.37. The molecule has 0 saturated heterocycles. The first kappa shape index (κ1) is 19.9. The summed E-state index contributed by atoms with van der Waals surface area (Å²) in [6, 6.07) is 23.2. The van der Waals surface area contributed by atoms with Crippen LogP contribution in [-0.4, -0.2) is 31.9 Å². The van der Waals surface area contributed by atoms with Crippen molar-refractivity contribution in [1.82, 2.24) is 0 Å². The highest BCUT2D eigenvalue weighted by molar-refractivity contribution is 6.15. The van der Waals surface area contributed by atoms with Crippen LogP contribution in [0.3, 0.4) is 0 Å². The zero-order chi connectivity index (χ0) is 20.8. The fraction of sp³-hybridized carbons (Fsp3) is 0.200. The zero-order valence-corrected chi connectivity index (χ0v) is 16.8. The van der Waals surface area contributed by atoms with Gasteiger partial charge in [0.25, 0.3) is 5.91 Å². The molecule has 3 aromatic rings. The maximum absolute atomic E-state index is 12.3. The predicted molar refractivity (Wildman–Crippen MR) is 116 cm³/mol. The van der Waals surface area contributed by atoms with E-state index in [1.165, 1.54) is 0 Å².